The molecule has 1 amide bonds. The van der Waals surface area contributed by atoms with Crippen LogP contribution in [0.25, 0.3) is 0 Å². The van der Waals surface area contributed by atoms with Crippen LogP contribution in [-0.4, -0.2) is 17.6 Å². The SMILES string of the molecule is O=C(NC1=CN(c2ccccc2)CO1)c1ccc([N+](=O)[O-])cc1. The maximum absolute atomic E-state index is 12.1. The summed E-state index contributed by atoms with van der Waals surface area (Å²) in [5.41, 5.74) is 1.21. The highest BCUT2D eigenvalue weighted by Crippen LogP contribution is 2.19. The van der Waals surface area contributed by atoms with Crippen molar-refractivity contribution in [1.29, 1.82) is 0 Å². The number of anilines is 1. The molecule has 7 nitrogen and oxygen atoms in total. The Hall–Kier alpha value is -3.35. The standard InChI is InChI=1S/C16H13N3O4/c20-16(12-6-8-14(9-7-12)19(21)22)17-15-10-18(11-23-15)13-4-2-1-3-5-13/h1-10H,11H2,(H,17,20). The van der Waals surface area contributed by atoms with Crippen LogP contribution in [-0.2, 0) is 4.74 Å². The molecule has 1 aliphatic heterocycles. The average Bonchev–Trinajstić information content (AvgIpc) is 3.04. The first kappa shape index (κ1) is 14.6. The first-order valence-corrected chi connectivity index (χ1v) is 6.85. The molecule has 2 aromatic rings. The van der Waals surface area contributed by atoms with Gasteiger partial charge in [-0.2, -0.15) is 0 Å². The summed E-state index contributed by atoms with van der Waals surface area (Å²) in [6.07, 6.45) is 1.69. The van der Waals surface area contributed by atoms with Gasteiger partial charge in [0.25, 0.3) is 11.6 Å². The predicted molar refractivity (Wildman–Crippen MR) is 83.5 cm³/mol. The lowest BCUT2D eigenvalue weighted by molar-refractivity contribution is -0.384. The zero-order valence-electron chi connectivity index (χ0n) is 12.0. The Bertz CT molecular complexity index is 757. The summed E-state index contributed by atoms with van der Waals surface area (Å²) in [6.45, 7) is 0.305. The van der Waals surface area contributed by atoms with Gasteiger partial charge in [0.05, 0.1) is 11.1 Å². The fourth-order valence-electron chi connectivity index (χ4n) is 2.11. The third kappa shape index (κ3) is 3.29. The maximum Gasteiger partial charge on any atom is 0.269 e. The van der Waals surface area contributed by atoms with E-state index in [4.69, 9.17) is 4.74 Å². The molecule has 23 heavy (non-hydrogen) atoms. The molecule has 0 radical (unpaired) electrons. The Morgan fingerprint density at radius 3 is 2.48 bits per heavy atom. The lowest BCUT2D eigenvalue weighted by Gasteiger charge is -2.12. The minimum Gasteiger partial charge on any atom is -0.456 e. The molecule has 1 heterocycles. The van der Waals surface area contributed by atoms with Crippen LogP contribution in [0.5, 0.6) is 0 Å². The molecule has 2 aromatic carbocycles. The van der Waals surface area contributed by atoms with Crippen molar-refractivity contribution in [3.05, 3.63) is 82.4 Å². The van der Waals surface area contributed by atoms with Crippen LogP contribution in [0.2, 0.25) is 0 Å². The summed E-state index contributed by atoms with van der Waals surface area (Å²) in [5.74, 6) is -0.0572. The topological polar surface area (TPSA) is 84.7 Å². The average molecular weight is 311 g/mol. The van der Waals surface area contributed by atoms with Crippen LogP contribution < -0.4 is 10.2 Å². The molecular weight excluding hydrogens is 298 g/mol. The quantitative estimate of drug-likeness (QED) is 0.693. The van der Waals surface area contributed by atoms with E-state index in [0.29, 0.717) is 18.2 Å². The van der Waals surface area contributed by atoms with Crippen LogP contribution in [0.1, 0.15) is 10.4 Å². The number of benzene rings is 2. The molecule has 0 atom stereocenters. The normalized spacial score (nSPS) is 13.2. The van der Waals surface area contributed by atoms with Gasteiger partial charge in [-0.1, -0.05) is 18.2 Å². The van der Waals surface area contributed by atoms with Crippen LogP contribution in [0.15, 0.2) is 66.7 Å². The first-order valence-electron chi connectivity index (χ1n) is 6.85. The minimum atomic E-state index is -0.512. The Kier molecular flexibility index (Phi) is 3.92. The highest BCUT2D eigenvalue weighted by Gasteiger charge is 2.18. The maximum atomic E-state index is 12.1. The lowest BCUT2D eigenvalue weighted by Crippen LogP contribution is -2.22. The van der Waals surface area contributed by atoms with Gasteiger partial charge in [0, 0.05) is 23.4 Å². The lowest BCUT2D eigenvalue weighted by atomic mass is 10.2. The van der Waals surface area contributed by atoms with Gasteiger partial charge in [-0.15, -0.1) is 0 Å². The fraction of sp³-hybridized carbons (Fsp3) is 0.0625. The van der Waals surface area contributed by atoms with Crippen molar-refractivity contribution < 1.29 is 14.5 Å². The Morgan fingerprint density at radius 1 is 1.13 bits per heavy atom. The van der Waals surface area contributed by atoms with E-state index in [1.165, 1.54) is 24.3 Å². The van der Waals surface area contributed by atoms with E-state index in [9.17, 15) is 14.9 Å². The van der Waals surface area contributed by atoms with Crippen LogP contribution >= 0.6 is 0 Å². The second kappa shape index (κ2) is 6.18. The number of hydrogen-bond donors (Lipinski definition) is 1. The van der Waals surface area contributed by atoms with Crippen LogP contribution in [0, 0.1) is 10.1 Å². The summed E-state index contributed by atoms with van der Waals surface area (Å²) in [4.78, 5) is 24.0. The second-order valence-corrected chi connectivity index (χ2v) is 4.83. The van der Waals surface area contributed by atoms with E-state index in [-0.39, 0.29) is 11.6 Å². The van der Waals surface area contributed by atoms with Gasteiger partial charge in [-0.25, -0.2) is 0 Å². The van der Waals surface area contributed by atoms with E-state index >= 15 is 0 Å². The summed E-state index contributed by atoms with van der Waals surface area (Å²) in [6, 6.07) is 15.0. The number of hydrogen-bond acceptors (Lipinski definition) is 5. The molecule has 1 aliphatic rings. The molecule has 0 unspecified atom stereocenters. The zero-order chi connectivity index (χ0) is 16.2. The molecular formula is C16H13N3O4. The number of nitro benzene ring substituents is 1. The molecule has 0 fully saturated rings. The third-order valence-corrected chi connectivity index (χ3v) is 3.30. The molecule has 7 heteroatoms. The van der Waals surface area contributed by atoms with Gasteiger partial charge in [0.2, 0.25) is 5.88 Å². The minimum absolute atomic E-state index is 0.0619. The van der Waals surface area contributed by atoms with Gasteiger partial charge in [-0.05, 0) is 24.3 Å². The van der Waals surface area contributed by atoms with E-state index in [0.717, 1.165) is 5.69 Å². The number of nitrogens with one attached hydrogen (secondary N) is 1. The number of rotatable bonds is 4. The van der Waals surface area contributed by atoms with Crippen molar-refractivity contribution in [2.45, 2.75) is 0 Å². The third-order valence-electron chi connectivity index (χ3n) is 3.30. The molecule has 3 rings (SSSR count). The number of carbonyl (C=O) groups excluding carboxylic acids is 1. The Morgan fingerprint density at radius 2 is 1.83 bits per heavy atom. The summed E-state index contributed by atoms with van der Waals surface area (Å²) in [7, 11) is 0. The summed E-state index contributed by atoms with van der Waals surface area (Å²) in [5, 5.41) is 13.2. The Balaban J connectivity index is 1.67. The number of nitrogens with zero attached hydrogens (tertiary/aromatic N) is 2. The van der Waals surface area contributed by atoms with Gasteiger partial charge in [-0.3, -0.25) is 20.2 Å². The molecule has 0 aromatic heterocycles. The Labute approximate surface area is 131 Å². The fourth-order valence-corrected chi connectivity index (χ4v) is 2.11. The van der Waals surface area contributed by atoms with Crippen molar-refractivity contribution in [3.8, 4) is 0 Å². The second-order valence-electron chi connectivity index (χ2n) is 4.83. The largest absolute Gasteiger partial charge is 0.456 e. The molecule has 0 saturated carbocycles. The number of para-hydroxylation sites is 1. The first-order chi connectivity index (χ1) is 11.1. The smallest absolute Gasteiger partial charge is 0.269 e. The molecule has 0 saturated heterocycles. The van der Waals surface area contributed by atoms with Crippen molar-refractivity contribution >= 4 is 17.3 Å². The number of ether oxygens (including phenoxy) is 1. The van der Waals surface area contributed by atoms with Crippen molar-refractivity contribution in [3.63, 3.8) is 0 Å². The molecule has 0 spiro atoms. The molecule has 116 valence electrons. The number of nitro groups is 1. The van der Waals surface area contributed by atoms with Crippen molar-refractivity contribution in [2.24, 2.45) is 0 Å². The van der Waals surface area contributed by atoms with E-state index in [1.54, 1.807) is 6.20 Å². The number of non-ortho nitro benzene ring substituents is 1. The number of carbonyl (C=O) groups is 1. The van der Waals surface area contributed by atoms with Gasteiger partial charge < -0.3 is 9.64 Å². The van der Waals surface area contributed by atoms with Crippen LogP contribution in [0.4, 0.5) is 11.4 Å². The summed E-state index contributed by atoms with van der Waals surface area (Å²) < 4.78 is 5.42. The number of amides is 1. The van der Waals surface area contributed by atoms with E-state index in [1.807, 2.05) is 35.2 Å². The van der Waals surface area contributed by atoms with Gasteiger partial charge in [0.15, 0.2) is 6.73 Å². The highest BCUT2D eigenvalue weighted by molar-refractivity contribution is 5.95. The predicted octanol–water partition coefficient (Wildman–Crippen LogP) is 2.62. The van der Waals surface area contributed by atoms with E-state index < -0.39 is 4.92 Å². The monoisotopic (exact) mass is 311 g/mol. The summed E-state index contributed by atoms with van der Waals surface area (Å²) >= 11 is 0. The van der Waals surface area contributed by atoms with E-state index in [2.05, 4.69) is 5.32 Å². The van der Waals surface area contributed by atoms with Crippen molar-refractivity contribution in [2.75, 3.05) is 11.6 Å². The zero-order valence-corrected chi connectivity index (χ0v) is 12.0. The van der Waals surface area contributed by atoms with Crippen LogP contribution in [0.3, 0.4) is 0 Å². The molecule has 0 aliphatic carbocycles. The van der Waals surface area contributed by atoms with Gasteiger partial charge in [0.1, 0.15) is 0 Å². The van der Waals surface area contributed by atoms with Gasteiger partial charge >= 0.3 is 0 Å². The van der Waals surface area contributed by atoms with Crippen molar-refractivity contribution in [1.82, 2.24) is 5.32 Å². The molecule has 1 N–H and O–H groups in total. The molecule has 0 bridgehead atoms. The highest BCUT2D eigenvalue weighted by atomic mass is 16.6.